The van der Waals surface area contributed by atoms with Crippen LogP contribution in [0.4, 0.5) is 0 Å². The zero-order valence-corrected chi connectivity index (χ0v) is 9.35. The van der Waals surface area contributed by atoms with Gasteiger partial charge in [-0.1, -0.05) is 53.9 Å². The molecule has 0 atom stereocenters. The molecule has 0 aromatic heterocycles. The molecule has 4 heteroatoms. The number of benzene rings is 1. The standard InChI is InChI=1S/C11H8O2S2/c12-11(13)9-7-14-10(15-9)6-8-4-2-1-3-5-8/h1-7H,(H,12,13). The summed E-state index contributed by atoms with van der Waals surface area (Å²) < 4.78 is 0.999. The fourth-order valence-corrected chi connectivity index (χ4v) is 3.08. The van der Waals surface area contributed by atoms with Crippen molar-refractivity contribution in [2.45, 2.75) is 0 Å². The number of thioether (sulfide) groups is 2. The van der Waals surface area contributed by atoms with Crippen molar-refractivity contribution in [3.8, 4) is 0 Å². The molecular weight excluding hydrogens is 228 g/mol. The summed E-state index contributed by atoms with van der Waals surface area (Å²) in [6, 6.07) is 9.86. The van der Waals surface area contributed by atoms with Gasteiger partial charge >= 0.3 is 5.97 Å². The van der Waals surface area contributed by atoms with Crippen LogP contribution in [0, 0.1) is 0 Å². The Balaban J connectivity index is 2.11. The van der Waals surface area contributed by atoms with Gasteiger partial charge in [0.25, 0.3) is 0 Å². The van der Waals surface area contributed by atoms with Gasteiger partial charge in [-0.2, -0.15) is 0 Å². The number of carboxylic acids is 1. The van der Waals surface area contributed by atoms with E-state index in [4.69, 9.17) is 5.11 Å². The van der Waals surface area contributed by atoms with Crippen LogP contribution >= 0.6 is 23.5 Å². The van der Waals surface area contributed by atoms with E-state index in [1.54, 1.807) is 5.41 Å². The van der Waals surface area contributed by atoms with E-state index in [2.05, 4.69) is 0 Å². The molecule has 15 heavy (non-hydrogen) atoms. The van der Waals surface area contributed by atoms with Gasteiger partial charge in [0.05, 0.1) is 4.24 Å². The van der Waals surface area contributed by atoms with Gasteiger partial charge in [0.2, 0.25) is 0 Å². The van der Waals surface area contributed by atoms with E-state index < -0.39 is 5.97 Å². The molecular formula is C11H8O2S2. The molecule has 0 fully saturated rings. The summed E-state index contributed by atoms with van der Waals surface area (Å²) in [5, 5.41) is 10.4. The number of carboxylic acid groups (broad SMARTS) is 1. The van der Waals surface area contributed by atoms with Gasteiger partial charge in [0, 0.05) is 0 Å². The molecule has 1 aliphatic heterocycles. The SMILES string of the molecule is O=C(O)C1=CSC(=Cc2ccccc2)S1. The average Bonchev–Trinajstić information content (AvgIpc) is 2.68. The molecule has 1 aliphatic rings. The van der Waals surface area contributed by atoms with Gasteiger partial charge in [-0.25, -0.2) is 4.79 Å². The van der Waals surface area contributed by atoms with E-state index in [0.717, 1.165) is 9.80 Å². The van der Waals surface area contributed by atoms with Crippen molar-refractivity contribution >= 4 is 35.6 Å². The number of carbonyl (C=O) groups is 1. The Kier molecular flexibility index (Phi) is 3.18. The molecule has 0 amide bonds. The zero-order valence-electron chi connectivity index (χ0n) is 7.71. The number of hydrogen-bond acceptors (Lipinski definition) is 3. The Labute approximate surface area is 96.1 Å². The van der Waals surface area contributed by atoms with Gasteiger partial charge < -0.3 is 5.11 Å². The van der Waals surface area contributed by atoms with E-state index in [0.29, 0.717) is 4.91 Å². The van der Waals surface area contributed by atoms with Crippen LogP contribution in [0.1, 0.15) is 5.56 Å². The molecule has 2 rings (SSSR count). The van der Waals surface area contributed by atoms with Crippen molar-refractivity contribution in [3.05, 3.63) is 50.4 Å². The second kappa shape index (κ2) is 4.59. The normalized spacial score (nSPS) is 17.9. The van der Waals surface area contributed by atoms with Crippen LogP contribution in [-0.4, -0.2) is 11.1 Å². The lowest BCUT2D eigenvalue weighted by Crippen LogP contribution is -1.92. The Hall–Kier alpha value is -1.13. The van der Waals surface area contributed by atoms with E-state index in [1.807, 2.05) is 36.4 Å². The predicted octanol–water partition coefficient (Wildman–Crippen LogP) is 3.39. The molecule has 0 unspecified atom stereocenters. The van der Waals surface area contributed by atoms with Gasteiger partial charge in [-0.15, -0.1) is 0 Å². The second-order valence-corrected chi connectivity index (χ2v) is 5.13. The molecule has 1 aromatic rings. The summed E-state index contributed by atoms with van der Waals surface area (Å²) >= 11 is 2.75. The highest BCUT2D eigenvalue weighted by Crippen LogP contribution is 2.44. The molecule has 1 heterocycles. The third-order valence-corrected chi connectivity index (χ3v) is 4.01. The van der Waals surface area contributed by atoms with Gasteiger partial charge in [0.15, 0.2) is 0 Å². The van der Waals surface area contributed by atoms with Crippen LogP contribution < -0.4 is 0 Å². The van der Waals surface area contributed by atoms with Crippen molar-refractivity contribution in [2.24, 2.45) is 0 Å². The summed E-state index contributed by atoms with van der Waals surface area (Å²) in [6.07, 6.45) is 1.99. The van der Waals surface area contributed by atoms with Crippen molar-refractivity contribution in [2.75, 3.05) is 0 Å². The number of rotatable bonds is 2. The highest BCUT2D eigenvalue weighted by atomic mass is 32.2. The topological polar surface area (TPSA) is 37.3 Å². The highest BCUT2D eigenvalue weighted by Gasteiger charge is 2.17. The second-order valence-electron chi connectivity index (χ2n) is 2.88. The van der Waals surface area contributed by atoms with Crippen molar-refractivity contribution in [1.82, 2.24) is 0 Å². The molecule has 0 bridgehead atoms. The minimum atomic E-state index is -0.857. The van der Waals surface area contributed by atoms with Gasteiger partial charge in [-0.3, -0.25) is 0 Å². The molecule has 1 N–H and O–H groups in total. The Morgan fingerprint density at radius 2 is 2.00 bits per heavy atom. The van der Waals surface area contributed by atoms with Crippen LogP contribution in [0.5, 0.6) is 0 Å². The maximum absolute atomic E-state index is 10.7. The predicted molar refractivity (Wildman–Crippen MR) is 65.3 cm³/mol. The minimum Gasteiger partial charge on any atom is -0.477 e. The monoisotopic (exact) mass is 236 g/mol. The van der Waals surface area contributed by atoms with Crippen molar-refractivity contribution in [1.29, 1.82) is 0 Å². The van der Waals surface area contributed by atoms with Crippen LogP contribution in [0.15, 0.2) is 44.9 Å². The minimum absolute atomic E-state index is 0.391. The lowest BCUT2D eigenvalue weighted by Gasteiger charge is -1.96. The van der Waals surface area contributed by atoms with Gasteiger partial charge in [-0.05, 0) is 17.0 Å². The Morgan fingerprint density at radius 1 is 1.27 bits per heavy atom. The maximum Gasteiger partial charge on any atom is 0.343 e. The molecule has 0 spiro atoms. The highest BCUT2D eigenvalue weighted by molar-refractivity contribution is 8.28. The van der Waals surface area contributed by atoms with Crippen molar-refractivity contribution in [3.63, 3.8) is 0 Å². The third kappa shape index (κ3) is 2.67. The Bertz CT molecular complexity index is 435. The average molecular weight is 236 g/mol. The lowest BCUT2D eigenvalue weighted by atomic mass is 10.2. The summed E-state index contributed by atoms with van der Waals surface area (Å²) in [6.45, 7) is 0. The molecule has 0 aliphatic carbocycles. The molecule has 2 nitrogen and oxygen atoms in total. The largest absolute Gasteiger partial charge is 0.477 e. The summed E-state index contributed by atoms with van der Waals surface area (Å²) in [4.78, 5) is 11.1. The van der Waals surface area contributed by atoms with Gasteiger partial charge in [0.1, 0.15) is 4.91 Å². The third-order valence-electron chi connectivity index (χ3n) is 1.79. The Morgan fingerprint density at radius 3 is 2.60 bits per heavy atom. The first-order valence-electron chi connectivity index (χ1n) is 4.30. The fourth-order valence-electron chi connectivity index (χ4n) is 1.11. The summed E-state index contributed by atoms with van der Waals surface area (Å²) in [5.41, 5.74) is 1.09. The molecule has 76 valence electrons. The van der Waals surface area contributed by atoms with Crippen LogP contribution in [-0.2, 0) is 4.79 Å². The smallest absolute Gasteiger partial charge is 0.343 e. The fraction of sp³-hybridized carbons (Fsp3) is 0. The van der Waals surface area contributed by atoms with E-state index in [-0.39, 0.29) is 0 Å². The lowest BCUT2D eigenvalue weighted by molar-refractivity contribution is -0.131. The van der Waals surface area contributed by atoms with E-state index >= 15 is 0 Å². The van der Waals surface area contributed by atoms with E-state index in [9.17, 15) is 4.79 Å². The summed E-state index contributed by atoms with van der Waals surface area (Å²) in [7, 11) is 0. The molecule has 1 aromatic carbocycles. The number of aliphatic carboxylic acids is 1. The molecule has 0 radical (unpaired) electrons. The van der Waals surface area contributed by atoms with E-state index in [1.165, 1.54) is 23.5 Å². The number of hydrogen-bond donors (Lipinski definition) is 1. The molecule has 0 saturated heterocycles. The van der Waals surface area contributed by atoms with Crippen LogP contribution in [0.3, 0.4) is 0 Å². The first kappa shape index (κ1) is 10.4. The van der Waals surface area contributed by atoms with Crippen molar-refractivity contribution < 1.29 is 9.90 Å². The molecule has 0 saturated carbocycles. The first-order chi connectivity index (χ1) is 7.25. The summed E-state index contributed by atoms with van der Waals surface area (Å²) in [5.74, 6) is -0.857. The first-order valence-corrected chi connectivity index (χ1v) is 6.00. The zero-order chi connectivity index (χ0) is 10.7. The van der Waals surface area contributed by atoms with Crippen LogP contribution in [0.2, 0.25) is 0 Å². The maximum atomic E-state index is 10.7. The van der Waals surface area contributed by atoms with Crippen LogP contribution in [0.25, 0.3) is 6.08 Å². The quantitative estimate of drug-likeness (QED) is 0.854.